The van der Waals surface area contributed by atoms with E-state index in [0.29, 0.717) is 92.0 Å². The van der Waals surface area contributed by atoms with Crippen molar-refractivity contribution in [3.63, 3.8) is 0 Å². The third kappa shape index (κ3) is 9.04. The van der Waals surface area contributed by atoms with Crippen molar-refractivity contribution in [3.8, 4) is 34.4 Å². The van der Waals surface area contributed by atoms with E-state index in [1.165, 1.54) is 21.0 Å². The van der Waals surface area contributed by atoms with Crippen LogP contribution in [-0.4, -0.2) is 119 Å². The molecule has 8 rings (SSSR count). The number of allylic oxidation sites excluding steroid dienone is 1. The fraction of sp³-hybridized carbons (Fsp3) is 0.553. The topological polar surface area (TPSA) is 203 Å². The van der Waals surface area contributed by atoms with E-state index in [4.69, 9.17) is 23.9 Å². The lowest BCUT2D eigenvalue weighted by Gasteiger charge is -2.45. The largest absolute Gasteiger partial charge is 0.497 e. The van der Waals surface area contributed by atoms with Gasteiger partial charge in [-0.2, -0.15) is 13.2 Å². The molecule has 4 heterocycles. The van der Waals surface area contributed by atoms with E-state index >= 15 is 4.79 Å². The summed E-state index contributed by atoms with van der Waals surface area (Å²) in [6, 6.07) is 8.85. The monoisotopic (exact) mass is 955 g/mol. The lowest BCUT2D eigenvalue weighted by Crippen LogP contribution is -2.66. The van der Waals surface area contributed by atoms with E-state index in [2.05, 4.69) is 10.0 Å². The smallest absolute Gasteiger partial charge is 0.411 e. The van der Waals surface area contributed by atoms with E-state index in [1.807, 2.05) is 13.0 Å². The Labute approximate surface area is 386 Å². The van der Waals surface area contributed by atoms with Gasteiger partial charge in [0.25, 0.3) is 5.91 Å². The molecule has 0 unspecified atom stereocenters. The van der Waals surface area contributed by atoms with Gasteiger partial charge in [0.1, 0.15) is 48.2 Å². The number of carbonyl (C=O) groups excluding carboxylic acids is 3. The number of nitrogens with zero attached hydrogens (tertiary/aromatic N) is 3. The molecular weight excluding hydrogens is 900 g/mol. The van der Waals surface area contributed by atoms with Crippen molar-refractivity contribution in [2.24, 2.45) is 17.8 Å². The SMILES string of the molecule is COc1ccc2c(O[C@@H]3C[C@H]4C(=O)N[C@]5(C(=O)NS(=O)(=O)C6(C)CC6)C[C@H]5/C=C\CC[C@@H](C)C[C@@H](C)[C@H](N(C(=O)O)C(C)(C)C(F)(F)F)C(=O)N4C3)nc(-c3ccc4c(c3)OCCO4)cc2c1. The third-order valence-electron chi connectivity index (χ3n) is 14.1. The molecule has 3 N–H and O–H groups in total. The summed E-state index contributed by atoms with van der Waals surface area (Å²) >= 11 is 0. The molecule has 1 aromatic heterocycles. The highest BCUT2D eigenvalue weighted by atomic mass is 32.2. The van der Waals surface area contributed by atoms with Gasteiger partial charge < -0.3 is 34.3 Å². The Bertz CT molecular complexity index is 2620. The summed E-state index contributed by atoms with van der Waals surface area (Å²) in [5.41, 5.74) is -3.74. The first-order valence-corrected chi connectivity index (χ1v) is 24.0. The quantitative estimate of drug-likeness (QED) is 0.194. The number of amides is 4. The number of carboxylic acid groups (broad SMARTS) is 1. The number of benzene rings is 2. The number of hydrogen-bond acceptors (Lipinski definition) is 11. The second-order valence-electron chi connectivity index (χ2n) is 19.4. The Kier molecular flexibility index (Phi) is 12.4. The van der Waals surface area contributed by atoms with Crippen LogP contribution in [-0.2, 0) is 24.4 Å². The maximum absolute atomic E-state index is 15.3. The number of hydrogen-bond donors (Lipinski definition) is 3. The van der Waals surface area contributed by atoms with Crippen LogP contribution < -0.4 is 29.0 Å². The van der Waals surface area contributed by atoms with Crippen LogP contribution >= 0.6 is 0 Å². The molecule has 3 aliphatic heterocycles. The first-order chi connectivity index (χ1) is 31.5. The van der Waals surface area contributed by atoms with Crippen LogP contribution in [0, 0.1) is 17.8 Å². The summed E-state index contributed by atoms with van der Waals surface area (Å²) in [5, 5.41) is 14.5. The normalized spacial score (nSPS) is 27.9. The highest BCUT2D eigenvalue weighted by Crippen LogP contribution is 2.48. The molecule has 20 heteroatoms. The zero-order chi connectivity index (χ0) is 48.4. The number of rotatable bonds is 9. The first kappa shape index (κ1) is 47.7. The molecule has 5 aliphatic rings. The number of carbonyl (C=O) groups is 4. The molecule has 0 bridgehead atoms. The fourth-order valence-corrected chi connectivity index (χ4v) is 10.8. The lowest BCUT2D eigenvalue weighted by atomic mass is 9.85. The zero-order valence-corrected chi connectivity index (χ0v) is 39.0. The van der Waals surface area contributed by atoms with Gasteiger partial charge in [0.2, 0.25) is 27.7 Å². The molecule has 16 nitrogen and oxygen atoms in total. The second kappa shape index (κ2) is 17.4. The molecule has 2 aliphatic carbocycles. The van der Waals surface area contributed by atoms with Crippen LogP contribution in [0.25, 0.3) is 22.0 Å². The molecule has 2 aromatic carbocycles. The number of sulfonamides is 1. The Morgan fingerprint density at radius 1 is 1.03 bits per heavy atom. The summed E-state index contributed by atoms with van der Waals surface area (Å²) in [6.07, 6.45) is -3.11. The van der Waals surface area contributed by atoms with Crippen molar-refractivity contribution in [1.82, 2.24) is 24.8 Å². The van der Waals surface area contributed by atoms with Crippen LogP contribution in [0.5, 0.6) is 23.1 Å². The van der Waals surface area contributed by atoms with Crippen LogP contribution in [0.2, 0.25) is 0 Å². The number of aromatic nitrogens is 1. The van der Waals surface area contributed by atoms with Gasteiger partial charge in [-0.3, -0.25) is 24.0 Å². The third-order valence-corrected chi connectivity index (χ3v) is 16.3. The average Bonchev–Trinajstić information content (AvgIpc) is 4.15. The Balaban J connectivity index is 1.21. The summed E-state index contributed by atoms with van der Waals surface area (Å²) < 4.78 is 96.1. The van der Waals surface area contributed by atoms with Crippen LogP contribution in [0.1, 0.15) is 79.6 Å². The molecular formula is C47H56F3N5O11S. The van der Waals surface area contributed by atoms with Crippen molar-refractivity contribution in [3.05, 3.63) is 54.6 Å². The zero-order valence-electron chi connectivity index (χ0n) is 38.1. The van der Waals surface area contributed by atoms with Crippen LogP contribution in [0.15, 0.2) is 54.6 Å². The van der Waals surface area contributed by atoms with Crippen molar-refractivity contribution >= 4 is 44.6 Å². The summed E-state index contributed by atoms with van der Waals surface area (Å²) in [5.74, 6) is -3.09. The van der Waals surface area contributed by atoms with E-state index in [9.17, 15) is 41.1 Å². The fourth-order valence-electron chi connectivity index (χ4n) is 9.51. The molecule has 0 spiro atoms. The molecule has 362 valence electrons. The van der Waals surface area contributed by atoms with Gasteiger partial charge in [-0.15, -0.1) is 0 Å². The minimum atomic E-state index is -5.12. The van der Waals surface area contributed by atoms with Gasteiger partial charge in [0, 0.05) is 23.3 Å². The highest BCUT2D eigenvalue weighted by molar-refractivity contribution is 7.91. The number of methoxy groups -OCH3 is 1. The van der Waals surface area contributed by atoms with Gasteiger partial charge in [-0.05, 0) is 119 Å². The van der Waals surface area contributed by atoms with Gasteiger partial charge in [0.05, 0.1) is 24.1 Å². The van der Waals surface area contributed by atoms with Crippen molar-refractivity contribution in [2.75, 3.05) is 26.9 Å². The van der Waals surface area contributed by atoms with Crippen molar-refractivity contribution in [1.29, 1.82) is 0 Å². The Morgan fingerprint density at radius 2 is 1.75 bits per heavy atom. The number of fused-ring (bicyclic) bond motifs is 4. The van der Waals surface area contributed by atoms with E-state index in [-0.39, 0.29) is 36.0 Å². The summed E-state index contributed by atoms with van der Waals surface area (Å²) in [6.45, 7) is 6.60. The molecule has 7 atom stereocenters. The molecule has 1 saturated heterocycles. The summed E-state index contributed by atoms with van der Waals surface area (Å²) in [7, 11) is -2.64. The molecule has 4 amide bonds. The van der Waals surface area contributed by atoms with Gasteiger partial charge in [0.15, 0.2) is 11.5 Å². The molecule has 0 radical (unpaired) electrons. The number of ether oxygens (including phenoxy) is 4. The van der Waals surface area contributed by atoms with Crippen LogP contribution in [0.3, 0.4) is 0 Å². The predicted molar refractivity (Wildman–Crippen MR) is 238 cm³/mol. The number of nitrogens with one attached hydrogen (secondary N) is 2. The Hall–Kier alpha value is -5.79. The minimum Gasteiger partial charge on any atom is -0.497 e. The molecule has 2 saturated carbocycles. The number of pyridine rings is 1. The maximum Gasteiger partial charge on any atom is 0.411 e. The van der Waals surface area contributed by atoms with Crippen molar-refractivity contribution < 1.29 is 64.8 Å². The molecule has 3 fully saturated rings. The lowest BCUT2D eigenvalue weighted by molar-refractivity contribution is -0.222. The first-order valence-electron chi connectivity index (χ1n) is 22.5. The summed E-state index contributed by atoms with van der Waals surface area (Å²) in [4.78, 5) is 63.4. The second-order valence-corrected chi connectivity index (χ2v) is 21.6. The molecule has 3 aromatic rings. The van der Waals surface area contributed by atoms with Crippen molar-refractivity contribution in [2.45, 2.75) is 120 Å². The van der Waals surface area contributed by atoms with E-state index < -0.39 is 92.4 Å². The predicted octanol–water partition coefficient (Wildman–Crippen LogP) is 6.61. The van der Waals surface area contributed by atoms with Gasteiger partial charge in [-0.1, -0.05) is 26.0 Å². The highest BCUT2D eigenvalue weighted by Gasteiger charge is 2.64. The Morgan fingerprint density at radius 3 is 2.42 bits per heavy atom. The van der Waals surface area contributed by atoms with E-state index in [1.54, 1.807) is 48.6 Å². The van der Waals surface area contributed by atoms with Crippen LogP contribution in [0.4, 0.5) is 18.0 Å². The molecule has 67 heavy (non-hydrogen) atoms. The number of halogens is 3. The average molecular weight is 956 g/mol. The minimum absolute atomic E-state index is 0.0295. The van der Waals surface area contributed by atoms with E-state index in [0.717, 1.165) is 4.90 Å². The maximum atomic E-state index is 15.3. The standard InChI is InChI=1S/C47H56F3N5O11S/c1-26-9-7-8-10-30-24-46(30,42(58)53-67(61,62)45(5)15-16-45)52-39(56)35-23-32(25-54(35)41(57)38(27(2)19-26)55(43(59)60)44(3,4)47(48,49)50)66-40-33-13-12-31(63-6)20-29(33)21-34(51-40)28-11-14-36-37(22-28)65-18-17-64-36/h8,10-14,20-22,26-27,30,32,35,38H,7,9,15-19,23-25H2,1-6H3,(H,52,56)(H,53,58)(H,59,60)/b10-8-/t26-,27-,30-,32-,35+,38+,46-/m1/s1. The number of alkyl halides is 3. The van der Waals surface area contributed by atoms with Gasteiger partial charge >= 0.3 is 12.3 Å². The van der Waals surface area contributed by atoms with Gasteiger partial charge in [-0.25, -0.2) is 18.2 Å².